The second-order valence-corrected chi connectivity index (χ2v) is 10.9. The first-order chi connectivity index (χ1) is 21.2. The summed E-state index contributed by atoms with van der Waals surface area (Å²) in [6.45, 7) is 2.59. The van der Waals surface area contributed by atoms with Gasteiger partial charge in [0.05, 0.1) is 33.1 Å². The molecule has 0 saturated heterocycles. The van der Waals surface area contributed by atoms with Crippen LogP contribution >= 0.6 is 0 Å². The van der Waals surface area contributed by atoms with Crippen LogP contribution in [0.2, 0.25) is 0 Å². The average Bonchev–Trinajstić information content (AvgIpc) is 3.23. The molecule has 0 fully saturated rings. The summed E-state index contributed by atoms with van der Waals surface area (Å²) in [5.74, 6) is 0.510. The van der Waals surface area contributed by atoms with E-state index in [0.717, 1.165) is 48.8 Å². The van der Waals surface area contributed by atoms with Gasteiger partial charge in [0, 0.05) is 38.4 Å². The largest absolute Gasteiger partial charge is 0.493 e. The van der Waals surface area contributed by atoms with Gasteiger partial charge in [-0.1, -0.05) is 18.9 Å². The third-order valence-electron chi connectivity index (χ3n) is 7.70. The number of anilines is 1. The standard InChI is InChI=1S/C33H45N3O8/c1-21(37)36-25-15-13-22-19-28(42-2)32(43-3)33(44-4)31(22)23-14-16-26(27(38)20-24(23)25)34-17-9-5-7-11-29(39)35-18-10-6-8-12-30(40)41/h14,16,19-20,25H,5-13,15,17-18H2,1-4H3,(H,34,38)(H,35,39)(H,36,37)(H,40,41). The first kappa shape index (κ1) is 34.2. The lowest BCUT2D eigenvalue weighted by atomic mass is 9.95. The molecule has 4 N–H and O–H groups in total. The van der Waals surface area contributed by atoms with Crippen molar-refractivity contribution in [1.29, 1.82) is 0 Å². The number of fused-ring (bicyclic) bond motifs is 3. The Morgan fingerprint density at radius 2 is 1.59 bits per heavy atom. The molecule has 0 aromatic heterocycles. The SMILES string of the molecule is COc1cc2c(c(OC)c1OC)-c1ccc(NCCCCCC(=O)NCCCCCC(=O)O)c(=O)cc1C(NC(C)=O)CC2. The highest BCUT2D eigenvalue weighted by atomic mass is 16.5. The van der Waals surface area contributed by atoms with Gasteiger partial charge in [-0.15, -0.1) is 0 Å². The van der Waals surface area contributed by atoms with E-state index in [4.69, 9.17) is 19.3 Å². The minimum absolute atomic E-state index is 0.00620. The predicted octanol–water partition coefficient (Wildman–Crippen LogP) is 4.60. The van der Waals surface area contributed by atoms with Gasteiger partial charge in [0.15, 0.2) is 11.5 Å². The van der Waals surface area contributed by atoms with E-state index < -0.39 is 5.97 Å². The van der Waals surface area contributed by atoms with Crippen molar-refractivity contribution in [3.05, 3.63) is 45.6 Å². The van der Waals surface area contributed by atoms with E-state index in [-0.39, 0.29) is 29.7 Å². The lowest BCUT2D eigenvalue weighted by molar-refractivity contribution is -0.137. The molecule has 44 heavy (non-hydrogen) atoms. The van der Waals surface area contributed by atoms with Crippen molar-refractivity contribution in [2.45, 2.75) is 77.2 Å². The number of unbranched alkanes of at least 4 members (excludes halogenated alkanes) is 4. The summed E-state index contributed by atoms with van der Waals surface area (Å²) >= 11 is 0. The average molecular weight is 612 g/mol. The maximum Gasteiger partial charge on any atom is 0.303 e. The van der Waals surface area contributed by atoms with Crippen LogP contribution in [-0.2, 0) is 20.8 Å². The lowest BCUT2D eigenvalue weighted by Gasteiger charge is -2.19. The molecule has 0 heterocycles. The highest BCUT2D eigenvalue weighted by Gasteiger charge is 2.29. The van der Waals surface area contributed by atoms with Gasteiger partial charge in [0.2, 0.25) is 23.0 Å². The number of hydrogen-bond acceptors (Lipinski definition) is 8. The number of carboxylic acids is 1. The first-order valence-corrected chi connectivity index (χ1v) is 15.2. The Morgan fingerprint density at radius 1 is 0.886 bits per heavy atom. The third-order valence-corrected chi connectivity index (χ3v) is 7.70. The minimum Gasteiger partial charge on any atom is -0.493 e. The summed E-state index contributed by atoms with van der Waals surface area (Å²) in [5, 5.41) is 17.8. The number of carboxylic acid groups (broad SMARTS) is 1. The highest BCUT2D eigenvalue weighted by Crippen LogP contribution is 2.50. The molecule has 11 nitrogen and oxygen atoms in total. The molecule has 0 radical (unpaired) electrons. The number of carbonyl (C=O) groups excluding carboxylic acids is 2. The number of hydrogen-bond donors (Lipinski definition) is 4. The van der Waals surface area contributed by atoms with Gasteiger partial charge in [0.1, 0.15) is 0 Å². The van der Waals surface area contributed by atoms with Crippen LogP contribution in [0.4, 0.5) is 5.69 Å². The number of methoxy groups -OCH3 is 3. The Hall–Kier alpha value is -4.28. The number of carbonyl (C=O) groups is 3. The van der Waals surface area contributed by atoms with Gasteiger partial charge in [-0.2, -0.15) is 0 Å². The van der Waals surface area contributed by atoms with Gasteiger partial charge >= 0.3 is 5.97 Å². The Bertz CT molecular complexity index is 1380. The second kappa shape index (κ2) is 17.1. The molecule has 2 amide bonds. The monoisotopic (exact) mass is 611 g/mol. The number of rotatable bonds is 17. The Labute approximate surface area is 258 Å². The summed E-state index contributed by atoms with van der Waals surface area (Å²) in [6, 6.07) is 6.79. The van der Waals surface area contributed by atoms with Crippen LogP contribution in [0.5, 0.6) is 17.2 Å². The molecular weight excluding hydrogens is 566 g/mol. The minimum atomic E-state index is -0.796. The maximum atomic E-state index is 13.4. The van der Waals surface area contributed by atoms with Crippen molar-refractivity contribution in [1.82, 2.24) is 10.6 Å². The topological polar surface area (TPSA) is 152 Å². The normalized spacial score (nSPS) is 13.5. The van der Waals surface area contributed by atoms with Gasteiger partial charge in [-0.05, 0) is 73.4 Å². The number of benzene rings is 1. The zero-order chi connectivity index (χ0) is 32.1. The molecule has 0 spiro atoms. The van der Waals surface area contributed by atoms with Crippen LogP contribution in [0.1, 0.15) is 81.9 Å². The van der Waals surface area contributed by atoms with E-state index >= 15 is 0 Å². The van der Waals surface area contributed by atoms with E-state index in [9.17, 15) is 19.2 Å². The van der Waals surface area contributed by atoms with Crippen molar-refractivity contribution in [3.8, 4) is 28.4 Å². The van der Waals surface area contributed by atoms with Crippen molar-refractivity contribution in [2.24, 2.45) is 0 Å². The smallest absolute Gasteiger partial charge is 0.303 e. The van der Waals surface area contributed by atoms with E-state index in [2.05, 4.69) is 16.0 Å². The highest BCUT2D eigenvalue weighted by molar-refractivity contribution is 5.83. The molecule has 11 heteroatoms. The fourth-order valence-electron chi connectivity index (χ4n) is 5.56. The Kier molecular flexibility index (Phi) is 13.3. The number of amides is 2. The summed E-state index contributed by atoms with van der Waals surface area (Å²) in [6.07, 6.45) is 6.28. The Balaban J connectivity index is 1.69. The van der Waals surface area contributed by atoms with Crippen LogP contribution in [0.15, 0.2) is 29.1 Å². The zero-order valence-corrected chi connectivity index (χ0v) is 26.2. The third kappa shape index (κ3) is 9.36. The summed E-state index contributed by atoms with van der Waals surface area (Å²) in [5.41, 5.74) is 3.49. The molecule has 0 bridgehead atoms. The first-order valence-electron chi connectivity index (χ1n) is 15.2. The summed E-state index contributed by atoms with van der Waals surface area (Å²) in [4.78, 5) is 48.1. The van der Waals surface area contributed by atoms with Crippen LogP contribution in [0.25, 0.3) is 11.1 Å². The molecule has 1 atom stereocenters. The molecule has 1 aliphatic rings. The molecular formula is C33H45N3O8. The molecule has 2 aromatic rings. The van der Waals surface area contributed by atoms with E-state index in [1.54, 1.807) is 33.5 Å². The maximum absolute atomic E-state index is 13.4. The van der Waals surface area contributed by atoms with E-state index in [1.165, 1.54) is 6.92 Å². The Morgan fingerprint density at radius 3 is 2.25 bits per heavy atom. The van der Waals surface area contributed by atoms with Crippen molar-refractivity contribution >= 4 is 23.5 Å². The second-order valence-electron chi connectivity index (χ2n) is 10.9. The quantitative estimate of drug-likeness (QED) is 0.188. The molecule has 1 aliphatic carbocycles. The fraction of sp³-hybridized carbons (Fsp3) is 0.515. The van der Waals surface area contributed by atoms with Crippen molar-refractivity contribution in [3.63, 3.8) is 0 Å². The lowest BCUT2D eigenvalue weighted by Crippen LogP contribution is -2.26. The van der Waals surface area contributed by atoms with Gasteiger partial charge in [-0.25, -0.2) is 0 Å². The molecule has 2 aromatic carbocycles. The van der Waals surface area contributed by atoms with Gasteiger partial charge in [0.25, 0.3) is 0 Å². The fourth-order valence-corrected chi connectivity index (χ4v) is 5.56. The van der Waals surface area contributed by atoms with E-state index in [1.807, 2.05) is 12.1 Å². The molecule has 240 valence electrons. The number of nitrogens with one attached hydrogen (secondary N) is 3. The van der Waals surface area contributed by atoms with Crippen LogP contribution in [-0.4, -0.2) is 57.3 Å². The zero-order valence-electron chi connectivity index (χ0n) is 26.2. The number of aliphatic carboxylic acids is 1. The van der Waals surface area contributed by atoms with Crippen LogP contribution < -0.4 is 35.6 Å². The van der Waals surface area contributed by atoms with Crippen molar-refractivity contribution in [2.75, 3.05) is 39.7 Å². The predicted molar refractivity (Wildman–Crippen MR) is 169 cm³/mol. The summed E-state index contributed by atoms with van der Waals surface area (Å²) < 4.78 is 17.0. The van der Waals surface area contributed by atoms with Gasteiger partial charge < -0.3 is 35.3 Å². The molecule has 1 unspecified atom stereocenters. The molecule has 0 saturated carbocycles. The molecule has 3 rings (SSSR count). The molecule has 0 aliphatic heterocycles. The summed E-state index contributed by atoms with van der Waals surface area (Å²) in [7, 11) is 4.69. The van der Waals surface area contributed by atoms with Crippen LogP contribution in [0.3, 0.4) is 0 Å². The van der Waals surface area contributed by atoms with Gasteiger partial charge in [-0.3, -0.25) is 19.2 Å². The van der Waals surface area contributed by atoms with E-state index in [0.29, 0.717) is 67.3 Å². The van der Waals surface area contributed by atoms with Crippen molar-refractivity contribution < 1.29 is 33.7 Å². The van der Waals surface area contributed by atoms with Crippen LogP contribution in [0, 0.1) is 0 Å². The number of aryl methyl sites for hydroxylation is 1. The number of ether oxygens (including phenoxy) is 3.